The molecule has 0 fully saturated rings. The fraction of sp³-hybridized carbons (Fsp3) is 0.0625. The molecule has 8 heteroatoms. The third-order valence-corrected chi connectivity index (χ3v) is 6.38. The molecule has 0 saturated heterocycles. The minimum atomic E-state index is -0.489. The van der Waals surface area contributed by atoms with Gasteiger partial charge in [0.05, 0.1) is 23.6 Å². The molecule has 3 aromatic carbocycles. The number of para-hydroxylation sites is 2. The van der Waals surface area contributed by atoms with Crippen molar-refractivity contribution in [1.29, 1.82) is 0 Å². The van der Waals surface area contributed by atoms with E-state index in [-0.39, 0.29) is 11.7 Å². The number of rotatable bonds is 7. The van der Waals surface area contributed by atoms with E-state index in [1.807, 2.05) is 72.9 Å². The van der Waals surface area contributed by atoms with E-state index in [0.29, 0.717) is 46.0 Å². The number of carbonyl (C=O) groups excluding carboxylic acids is 1. The van der Waals surface area contributed by atoms with Gasteiger partial charge < -0.3 is 4.74 Å². The van der Waals surface area contributed by atoms with Crippen molar-refractivity contribution in [1.82, 2.24) is 14.8 Å². The molecular formula is C32H24FN5O2. The summed E-state index contributed by atoms with van der Waals surface area (Å²) in [6.07, 6.45) is 6.92. The normalized spacial score (nSPS) is 14.1. The van der Waals surface area contributed by atoms with Crippen molar-refractivity contribution in [2.75, 3.05) is 11.6 Å². The van der Waals surface area contributed by atoms with Gasteiger partial charge in [-0.05, 0) is 67.6 Å². The summed E-state index contributed by atoms with van der Waals surface area (Å²) in [6, 6.07) is 27.2. The first-order valence-electron chi connectivity index (χ1n) is 12.8. The molecule has 196 valence electrons. The van der Waals surface area contributed by atoms with Crippen molar-refractivity contribution in [2.45, 2.75) is 6.92 Å². The number of hydrogen-bond donors (Lipinski definition) is 0. The first-order valence-corrected chi connectivity index (χ1v) is 12.8. The Labute approximate surface area is 230 Å². The fourth-order valence-corrected chi connectivity index (χ4v) is 4.51. The molecule has 0 spiro atoms. The molecule has 0 atom stereocenters. The Bertz CT molecular complexity index is 1730. The average molecular weight is 530 g/mol. The minimum absolute atomic E-state index is 0.170. The molecule has 0 saturated carbocycles. The number of hydrazone groups is 1. The van der Waals surface area contributed by atoms with Crippen LogP contribution in [0.2, 0.25) is 0 Å². The van der Waals surface area contributed by atoms with Gasteiger partial charge in [-0.2, -0.15) is 15.2 Å². The Kier molecular flexibility index (Phi) is 6.72. The zero-order valence-corrected chi connectivity index (χ0v) is 21.6. The second-order valence-corrected chi connectivity index (χ2v) is 8.99. The summed E-state index contributed by atoms with van der Waals surface area (Å²) in [5, 5.41) is 10.9. The van der Waals surface area contributed by atoms with Crippen molar-refractivity contribution >= 4 is 23.4 Å². The van der Waals surface area contributed by atoms with E-state index in [4.69, 9.17) is 9.84 Å². The van der Waals surface area contributed by atoms with Gasteiger partial charge >= 0.3 is 0 Å². The topological polar surface area (TPSA) is 72.6 Å². The van der Waals surface area contributed by atoms with Gasteiger partial charge in [-0.1, -0.05) is 36.4 Å². The first kappa shape index (κ1) is 24.9. The highest BCUT2D eigenvalue weighted by Gasteiger charge is 2.32. The molecule has 0 bridgehead atoms. The van der Waals surface area contributed by atoms with Crippen LogP contribution in [0.5, 0.6) is 5.75 Å². The van der Waals surface area contributed by atoms with Crippen LogP contribution in [0.25, 0.3) is 23.0 Å². The molecule has 1 amide bonds. The van der Waals surface area contributed by atoms with Gasteiger partial charge in [0.15, 0.2) is 11.6 Å². The number of nitrogens with zero attached hydrogens (tertiary/aromatic N) is 5. The van der Waals surface area contributed by atoms with Crippen LogP contribution in [0.1, 0.15) is 18.1 Å². The maximum Gasteiger partial charge on any atom is 0.281 e. The van der Waals surface area contributed by atoms with Gasteiger partial charge in [-0.25, -0.2) is 9.07 Å². The van der Waals surface area contributed by atoms with E-state index in [1.165, 1.54) is 11.1 Å². The number of carbonyl (C=O) groups is 1. The summed E-state index contributed by atoms with van der Waals surface area (Å²) in [6.45, 7) is 2.16. The lowest BCUT2D eigenvalue weighted by atomic mass is 10.00. The SMILES string of the molecule is CCOc1ccc(-c2nn(-c3ccccc3)cc2C=C2C(=O)N(c3ccccc3)N=C2c2cccnc2)cc1F. The number of anilines is 1. The average Bonchev–Trinajstić information content (AvgIpc) is 3.57. The molecule has 40 heavy (non-hydrogen) atoms. The maximum absolute atomic E-state index is 14.9. The van der Waals surface area contributed by atoms with Gasteiger partial charge in [0.25, 0.3) is 5.91 Å². The Hall–Kier alpha value is -5.37. The second-order valence-electron chi connectivity index (χ2n) is 8.99. The molecule has 2 aromatic heterocycles. The van der Waals surface area contributed by atoms with Crippen LogP contribution in [0.4, 0.5) is 10.1 Å². The number of aromatic nitrogens is 3. The van der Waals surface area contributed by atoms with Crippen LogP contribution in [0.15, 0.2) is 120 Å². The number of benzene rings is 3. The lowest BCUT2D eigenvalue weighted by Gasteiger charge is -2.11. The Balaban J connectivity index is 1.51. The summed E-state index contributed by atoms with van der Waals surface area (Å²) in [4.78, 5) is 18.0. The standard InChI is InChI=1S/C32H24FN5O2/c1-2-40-29-16-15-22(19-28(29)33)30-24(21-37(35-30)25-11-5-3-6-12-25)18-27-31(23-10-9-17-34-20-23)36-38(32(27)39)26-13-7-4-8-14-26/h3-21H,2H2,1H3. The third kappa shape index (κ3) is 4.78. The summed E-state index contributed by atoms with van der Waals surface area (Å²) >= 11 is 0. The highest BCUT2D eigenvalue weighted by Crippen LogP contribution is 2.32. The molecule has 0 aliphatic carbocycles. The van der Waals surface area contributed by atoms with Crippen molar-refractivity contribution in [2.24, 2.45) is 5.10 Å². The van der Waals surface area contributed by atoms with Gasteiger partial charge in [0, 0.05) is 35.3 Å². The molecule has 0 radical (unpaired) electrons. The molecule has 7 nitrogen and oxygen atoms in total. The minimum Gasteiger partial charge on any atom is -0.491 e. The monoisotopic (exact) mass is 529 g/mol. The molecule has 1 aliphatic rings. The van der Waals surface area contributed by atoms with E-state index in [2.05, 4.69) is 10.1 Å². The largest absolute Gasteiger partial charge is 0.491 e. The first-order chi connectivity index (χ1) is 19.6. The van der Waals surface area contributed by atoms with Gasteiger partial charge in [0.2, 0.25) is 0 Å². The van der Waals surface area contributed by atoms with E-state index in [0.717, 1.165) is 5.69 Å². The molecule has 3 heterocycles. The molecule has 1 aliphatic heterocycles. The highest BCUT2D eigenvalue weighted by molar-refractivity contribution is 6.37. The summed E-state index contributed by atoms with van der Waals surface area (Å²) in [5.74, 6) is -0.609. The van der Waals surface area contributed by atoms with E-state index < -0.39 is 5.82 Å². The van der Waals surface area contributed by atoms with Gasteiger partial charge in [-0.15, -0.1) is 0 Å². The molecule has 0 N–H and O–H groups in total. The molecule has 5 aromatic rings. The Morgan fingerprint density at radius 3 is 2.33 bits per heavy atom. The van der Waals surface area contributed by atoms with Crippen LogP contribution in [0, 0.1) is 5.82 Å². The predicted molar refractivity (Wildman–Crippen MR) is 153 cm³/mol. The number of hydrogen-bond acceptors (Lipinski definition) is 5. The zero-order chi connectivity index (χ0) is 27.5. The number of amides is 1. The predicted octanol–water partition coefficient (Wildman–Crippen LogP) is 6.31. The van der Waals surface area contributed by atoms with Crippen LogP contribution in [-0.4, -0.2) is 33.0 Å². The number of pyridine rings is 1. The lowest BCUT2D eigenvalue weighted by molar-refractivity contribution is -0.114. The smallest absolute Gasteiger partial charge is 0.281 e. The number of ether oxygens (including phenoxy) is 1. The summed E-state index contributed by atoms with van der Waals surface area (Å²) < 4.78 is 22.0. The Morgan fingerprint density at radius 1 is 0.900 bits per heavy atom. The van der Waals surface area contributed by atoms with Gasteiger partial charge in [-0.3, -0.25) is 9.78 Å². The Morgan fingerprint density at radius 2 is 1.65 bits per heavy atom. The lowest BCUT2D eigenvalue weighted by Crippen LogP contribution is -2.21. The van der Waals surface area contributed by atoms with Gasteiger partial charge in [0.1, 0.15) is 11.4 Å². The summed E-state index contributed by atoms with van der Waals surface area (Å²) in [7, 11) is 0. The van der Waals surface area contributed by atoms with E-state index in [1.54, 1.807) is 48.3 Å². The summed E-state index contributed by atoms with van der Waals surface area (Å²) in [5.41, 5.74) is 4.71. The second kappa shape index (κ2) is 10.8. The van der Waals surface area contributed by atoms with Crippen LogP contribution < -0.4 is 9.75 Å². The molecule has 6 rings (SSSR count). The molecular weight excluding hydrogens is 505 g/mol. The maximum atomic E-state index is 14.9. The van der Waals surface area contributed by atoms with Crippen LogP contribution >= 0.6 is 0 Å². The van der Waals surface area contributed by atoms with Crippen molar-refractivity contribution in [3.8, 4) is 22.7 Å². The van der Waals surface area contributed by atoms with Crippen LogP contribution in [0.3, 0.4) is 0 Å². The van der Waals surface area contributed by atoms with Crippen molar-refractivity contribution in [3.63, 3.8) is 0 Å². The zero-order valence-electron chi connectivity index (χ0n) is 21.6. The van der Waals surface area contributed by atoms with E-state index >= 15 is 0 Å². The van der Waals surface area contributed by atoms with Crippen molar-refractivity contribution in [3.05, 3.63) is 132 Å². The highest BCUT2D eigenvalue weighted by atomic mass is 19.1. The van der Waals surface area contributed by atoms with Crippen molar-refractivity contribution < 1.29 is 13.9 Å². The van der Waals surface area contributed by atoms with Crippen LogP contribution in [-0.2, 0) is 4.79 Å². The fourth-order valence-electron chi connectivity index (χ4n) is 4.51. The molecule has 0 unspecified atom stereocenters. The number of halogens is 1. The van der Waals surface area contributed by atoms with E-state index in [9.17, 15) is 9.18 Å². The third-order valence-electron chi connectivity index (χ3n) is 6.38. The quantitative estimate of drug-likeness (QED) is 0.232.